The van der Waals surface area contributed by atoms with E-state index in [9.17, 15) is 4.79 Å². The van der Waals surface area contributed by atoms with Crippen LogP contribution in [0.3, 0.4) is 0 Å². The minimum Gasteiger partial charge on any atom is -0.495 e. The number of hydrogen-bond acceptors (Lipinski definition) is 3. The predicted octanol–water partition coefficient (Wildman–Crippen LogP) is 5.48. The molecule has 2 aliphatic rings. The summed E-state index contributed by atoms with van der Waals surface area (Å²) in [5.41, 5.74) is 4.96. The lowest BCUT2D eigenvalue weighted by Crippen LogP contribution is -2.44. The third-order valence-corrected chi connectivity index (χ3v) is 7.21. The molecular formula is C26H20ClN3O2S. The van der Waals surface area contributed by atoms with E-state index >= 15 is 0 Å². The fraction of sp³-hybridized carbons (Fsp3) is 0.154. The van der Waals surface area contributed by atoms with Crippen LogP contribution >= 0.6 is 23.8 Å². The highest BCUT2D eigenvalue weighted by atomic mass is 35.5. The van der Waals surface area contributed by atoms with Crippen LogP contribution in [0.15, 0.2) is 72.8 Å². The number of aromatic amines is 1. The number of carbonyl (C=O) groups excluding carboxylic acids is 1. The predicted molar refractivity (Wildman–Crippen MR) is 134 cm³/mol. The molecule has 7 heteroatoms. The van der Waals surface area contributed by atoms with E-state index in [1.165, 1.54) is 0 Å². The van der Waals surface area contributed by atoms with E-state index in [-0.39, 0.29) is 11.9 Å². The molecule has 0 bridgehead atoms. The molecule has 1 aromatic heterocycles. The van der Waals surface area contributed by atoms with Gasteiger partial charge < -0.3 is 14.6 Å². The van der Waals surface area contributed by atoms with Gasteiger partial charge in [-0.05, 0) is 53.7 Å². The molecule has 5 nitrogen and oxygen atoms in total. The van der Waals surface area contributed by atoms with Crippen LogP contribution in [0.5, 0.6) is 5.75 Å². The third-order valence-electron chi connectivity index (χ3n) is 6.56. The molecule has 2 atom stereocenters. The molecule has 1 fully saturated rings. The van der Waals surface area contributed by atoms with Crippen LogP contribution in [0.25, 0.3) is 10.9 Å². The third kappa shape index (κ3) is 2.98. The molecule has 33 heavy (non-hydrogen) atoms. The molecule has 6 rings (SSSR count). The number of anilines is 1. The van der Waals surface area contributed by atoms with Gasteiger partial charge in [0.05, 0.1) is 18.8 Å². The fourth-order valence-electron chi connectivity index (χ4n) is 5.10. The zero-order valence-electron chi connectivity index (χ0n) is 17.8. The Bertz CT molecular complexity index is 1410. The molecule has 0 saturated carbocycles. The molecule has 3 aromatic carbocycles. The molecule has 0 radical (unpaired) electrons. The van der Waals surface area contributed by atoms with Crippen molar-refractivity contribution in [2.45, 2.75) is 18.5 Å². The maximum atomic E-state index is 13.8. The Morgan fingerprint density at radius 1 is 1.03 bits per heavy atom. The van der Waals surface area contributed by atoms with Gasteiger partial charge in [0.2, 0.25) is 0 Å². The maximum absolute atomic E-state index is 13.8. The lowest BCUT2D eigenvalue weighted by atomic mass is 9.89. The number of aromatic nitrogens is 1. The molecule has 1 saturated heterocycles. The molecule has 0 aliphatic carbocycles. The van der Waals surface area contributed by atoms with Gasteiger partial charge in [0, 0.05) is 28.0 Å². The maximum Gasteiger partial charge on any atom is 0.256 e. The Morgan fingerprint density at radius 2 is 1.76 bits per heavy atom. The molecule has 0 spiro atoms. The Labute approximate surface area is 201 Å². The number of halogens is 1. The number of carbonyl (C=O) groups is 1. The number of methoxy groups -OCH3 is 1. The Kier molecular flexibility index (Phi) is 4.67. The van der Waals surface area contributed by atoms with Crippen molar-refractivity contribution >= 4 is 51.4 Å². The number of para-hydroxylation sites is 3. The average Bonchev–Trinajstić information content (AvgIpc) is 3.33. The highest BCUT2D eigenvalue weighted by Gasteiger charge is 2.51. The lowest BCUT2D eigenvalue weighted by Gasteiger charge is -2.37. The number of amides is 1. The highest BCUT2D eigenvalue weighted by Crippen LogP contribution is 2.46. The number of nitrogens with one attached hydrogen (secondary N) is 1. The molecule has 164 valence electrons. The van der Waals surface area contributed by atoms with Crippen LogP contribution in [0, 0.1) is 0 Å². The van der Waals surface area contributed by atoms with E-state index in [1.54, 1.807) is 12.0 Å². The monoisotopic (exact) mass is 473 g/mol. The Morgan fingerprint density at radius 3 is 2.55 bits per heavy atom. The summed E-state index contributed by atoms with van der Waals surface area (Å²) in [6.07, 6.45) is 0.577. The second-order valence-electron chi connectivity index (χ2n) is 8.27. The molecule has 0 unspecified atom stereocenters. The van der Waals surface area contributed by atoms with Gasteiger partial charge in [0.25, 0.3) is 5.91 Å². The molecule has 3 heterocycles. The summed E-state index contributed by atoms with van der Waals surface area (Å²) in [5, 5.41) is 2.28. The Hall–Kier alpha value is -3.35. The van der Waals surface area contributed by atoms with E-state index in [0.29, 0.717) is 28.0 Å². The SMILES string of the molecule is COc1ccccc1N1C(=O)[C@H]2Cc3c([nH]c4ccccc34)[C@H](c3ccc(Cl)cc3)N2C1=S. The van der Waals surface area contributed by atoms with Crippen LogP contribution in [0.1, 0.15) is 22.9 Å². The smallest absolute Gasteiger partial charge is 0.256 e. The van der Waals surface area contributed by atoms with Crippen LogP contribution in [0.2, 0.25) is 5.02 Å². The number of H-pyrrole nitrogens is 1. The number of benzene rings is 3. The van der Waals surface area contributed by atoms with Crippen molar-refractivity contribution in [3.05, 3.63) is 94.6 Å². The largest absolute Gasteiger partial charge is 0.495 e. The van der Waals surface area contributed by atoms with E-state index in [4.69, 9.17) is 28.6 Å². The fourth-order valence-corrected chi connectivity index (χ4v) is 5.65. The zero-order chi connectivity index (χ0) is 22.7. The molecule has 1 N–H and O–H groups in total. The highest BCUT2D eigenvalue weighted by molar-refractivity contribution is 7.80. The topological polar surface area (TPSA) is 48.6 Å². The second kappa shape index (κ2) is 7.61. The van der Waals surface area contributed by atoms with Gasteiger partial charge in [-0.2, -0.15) is 0 Å². The number of nitrogens with zero attached hydrogens (tertiary/aromatic N) is 2. The van der Waals surface area contributed by atoms with Crippen molar-refractivity contribution in [3.63, 3.8) is 0 Å². The van der Waals surface area contributed by atoms with Gasteiger partial charge in [-0.1, -0.05) is 54.1 Å². The van der Waals surface area contributed by atoms with Crippen molar-refractivity contribution in [1.29, 1.82) is 0 Å². The summed E-state index contributed by atoms with van der Waals surface area (Å²) >= 11 is 12.1. The first kappa shape index (κ1) is 20.3. The minimum absolute atomic E-state index is 0.0422. The van der Waals surface area contributed by atoms with E-state index in [1.807, 2.05) is 60.7 Å². The normalized spacial score (nSPS) is 19.7. The standard InChI is InChI=1S/C26H20ClN3O2S/c1-32-22-9-5-4-8-20(22)30-25(31)21-14-18-17-6-2-3-7-19(17)28-23(18)24(29(21)26(30)33)15-10-12-16(27)13-11-15/h2-13,21,24,28H,14H2,1H3/t21-,24+/m1/s1. The number of thiocarbonyl (C=S) groups is 1. The molecule has 1 amide bonds. The van der Waals surface area contributed by atoms with Gasteiger partial charge in [0.15, 0.2) is 5.11 Å². The number of ether oxygens (including phenoxy) is 1. The molecule has 2 aliphatic heterocycles. The first-order valence-electron chi connectivity index (χ1n) is 10.7. The number of rotatable bonds is 3. The summed E-state index contributed by atoms with van der Waals surface area (Å²) in [7, 11) is 1.60. The van der Waals surface area contributed by atoms with Crippen molar-refractivity contribution in [3.8, 4) is 5.75 Å². The summed E-state index contributed by atoms with van der Waals surface area (Å²) in [4.78, 5) is 21.1. The summed E-state index contributed by atoms with van der Waals surface area (Å²) in [5.74, 6) is 0.569. The van der Waals surface area contributed by atoms with Crippen molar-refractivity contribution in [1.82, 2.24) is 9.88 Å². The van der Waals surface area contributed by atoms with Crippen molar-refractivity contribution in [2.75, 3.05) is 12.0 Å². The van der Waals surface area contributed by atoms with E-state index in [2.05, 4.69) is 22.0 Å². The summed E-state index contributed by atoms with van der Waals surface area (Å²) in [6, 6.07) is 22.8. The van der Waals surface area contributed by atoms with Gasteiger partial charge in [-0.15, -0.1) is 0 Å². The first-order valence-corrected chi connectivity index (χ1v) is 11.5. The van der Waals surface area contributed by atoms with Crippen LogP contribution in [-0.2, 0) is 11.2 Å². The van der Waals surface area contributed by atoms with Crippen LogP contribution in [-0.4, -0.2) is 34.1 Å². The Balaban J connectivity index is 1.55. The van der Waals surface area contributed by atoms with Gasteiger partial charge >= 0.3 is 0 Å². The van der Waals surface area contributed by atoms with Gasteiger partial charge in [-0.25, -0.2) is 0 Å². The lowest BCUT2D eigenvalue weighted by molar-refractivity contribution is -0.120. The first-order chi connectivity index (χ1) is 16.1. The van der Waals surface area contributed by atoms with Gasteiger partial charge in [-0.3, -0.25) is 9.69 Å². The van der Waals surface area contributed by atoms with Gasteiger partial charge in [0.1, 0.15) is 11.8 Å². The van der Waals surface area contributed by atoms with E-state index in [0.717, 1.165) is 27.7 Å². The quantitative estimate of drug-likeness (QED) is 0.400. The zero-order valence-corrected chi connectivity index (χ0v) is 19.4. The summed E-state index contributed by atoms with van der Waals surface area (Å²) < 4.78 is 5.54. The average molecular weight is 474 g/mol. The molecular weight excluding hydrogens is 454 g/mol. The number of hydrogen-bond donors (Lipinski definition) is 1. The van der Waals surface area contributed by atoms with Crippen molar-refractivity contribution in [2.24, 2.45) is 0 Å². The van der Waals surface area contributed by atoms with Crippen LogP contribution < -0.4 is 9.64 Å². The summed E-state index contributed by atoms with van der Waals surface area (Å²) in [6.45, 7) is 0. The molecule has 4 aromatic rings. The van der Waals surface area contributed by atoms with Crippen LogP contribution in [0.4, 0.5) is 5.69 Å². The minimum atomic E-state index is -0.408. The van der Waals surface area contributed by atoms with Crippen molar-refractivity contribution < 1.29 is 9.53 Å². The number of fused-ring (bicyclic) bond motifs is 4. The van der Waals surface area contributed by atoms with E-state index < -0.39 is 6.04 Å². The second-order valence-corrected chi connectivity index (χ2v) is 9.07.